The number of likely N-dealkylation sites (tertiary alicyclic amines) is 1. The van der Waals surface area contributed by atoms with Crippen molar-refractivity contribution in [1.29, 1.82) is 0 Å². The van der Waals surface area contributed by atoms with Gasteiger partial charge in [-0.2, -0.15) is 0 Å². The van der Waals surface area contributed by atoms with Crippen molar-refractivity contribution < 1.29 is 19.1 Å². The predicted octanol–water partition coefficient (Wildman–Crippen LogP) is 3.35. The minimum atomic E-state index is -0.476. The van der Waals surface area contributed by atoms with Crippen LogP contribution in [0, 0.1) is 5.92 Å². The van der Waals surface area contributed by atoms with Crippen LogP contribution in [-0.4, -0.2) is 56.0 Å². The molecule has 0 radical (unpaired) electrons. The molecule has 1 atom stereocenters. The number of carbonyl (C=O) groups excluding carboxylic acids is 3. The molecule has 182 valence electrons. The summed E-state index contributed by atoms with van der Waals surface area (Å²) < 4.78 is 4.47. The number of fused-ring (bicyclic) bond motifs is 1. The number of piperidine rings is 1. The van der Waals surface area contributed by atoms with Crippen LogP contribution in [0.2, 0.25) is 0 Å². The number of nitrogens with one attached hydrogen (secondary N) is 2. The third kappa shape index (κ3) is 7.42. The van der Waals surface area contributed by atoms with Crippen LogP contribution in [0.3, 0.4) is 0 Å². The Morgan fingerprint density at radius 1 is 1.06 bits per heavy atom. The molecule has 1 unspecified atom stereocenters. The van der Waals surface area contributed by atoms with Gasteiger partial charge >= 0.3 is 5.97 Å². The highest BCUT2D eigenvalue weighted by Gasteiger charge is 2.24. The van der Waals surface area contributed by atoms with Crippen molar-refractivity contribution in [3.05, 3.63) is 60.2 Å². The van der Waals surface area contributed by atoms with Crippen LogP contribution in [0.1, 0.15) is 44.2 Å². The van der Waals surface area contributed by atoms with Crippen LogP contribution in [0.5, 0.6) is 0 Å². The van der Waals surface area contributed by atoms with Crippen molar-refractivity contribution in [2.24, 2.45) is 5.92 Å². The molecule has 1 aliphatic rings. The van der Waals surface area contributed by atoms with E-state index in [1.807, 2.05) is 0 Å². The molecule has 0 spiro atoms. The number of hydrogen-bond acceptors (Lipinski definition) is 5. The number of hydrogen-bond donors (Lipinski definition) is 2. The first-order valence-corrected chi connectivity index (χ1v) is 12.0. The molecule has 2 aromatic rings. The minimum absolute atomic E-state index is 0.0636. The summed E-state index contributed by atoms with van der Waals surface area (Å²) in [5.74, 6) is -0.346. The molecule has 2 amide bonds. The number of esters is 1. The SMILES string of the molecule is COC(=O)/C=C/CNC(=O)CNC(=O)CCC1CCN(C(C)c2cccc3ccccc23)CC1. The fourth-order valence-electron chi connectivity index (χ4n) is 4.50. The van der Waals surface area contributed by atoms with E-state index in [4.69, 9.17) is 0 Å². The van der Waals surface area contributed by atoms with Crippen LogP contribution in [-0.2, 0) is 19.1 Å². The summed E-state index contributed by atoms with van der Waals surface area (Å²) in [6, 6.07) is 15.4. The lowest BCUT2D eigenvalue weighted by molar-refractivity contribution is -0.134. The Hall–Kier alpha value is -3.19. The summed E-state index contributed by atoms with van der Waals surface area (Å²) >= 11 is 0. The van der Waals surface area contributed by atoms with Crippen LogP contribution in [0.4, 0.5) is 0 Å². The smallest absolute Gasteiger partial charge is 0.330 e. The molecule has 0 aliphatic carbocycles. The molecule has 1 heterocycles. The summed E-state index contributed by atoms with van der Waals surface area (Å²) in [6.45, 7) is 4.48. The zero-order valence-corrected chi connectivity index (χ0v) is 20.1. The first kappa shape index (κ1) is 25.4. The molecular formula is C27H35N3O4. The van der Waals surface area contributed by atoms with E-state index < -0.39 is 5.97 Å². The van der Waals surface area contributed by atoms with Gasteiger partial charge < -0.3 is 15.4 Å². The zero-order valence-electron chi connectivity index (χ0n) is 20.1. The average molecular weight is 466 g/mol. The van der Waals surface area contributed by atoms with Gasteiger partial charge in [-0.15, -0.1) is 0 Å². The van der Waals surface area contributed by atoms with Gasteiger partial charge in [-0.3, -0.25) is 14.5 Å². The first-order chi connectivity index (χ1) is 16.5. The average Bonchev–Trinajstić information content (AvgIpc) is 2.88. The highest BCUT2D eigenvalue weighted by molar-refractivity contribution is 5.86. The molecule has 1 fully saturated rings. The molecular weight excluding hydrogens is 430 g/mol. The lowest BCUT2D eigenvalue weighted by atomic mass is 9.90. The molecule has 1 aliphatic heterocycles. The summed E-state index contributed by atoms with van der Waals surface area (Å²) in [5.41, 5.74) is 1.37. The predicted molar refractivity (Wildman–Crippen MR) is 133 cm³/mol. The van der Waals surface area contributed by atoms with E-state index in [1.165, 1.54) is 35.6 Å². The molecule has 3 rings (SSSR count). The van der Waals surface area contributed by atoms with E-state index in [2.05, 4.69) is 69.7 Å². The quantitative estimate of drug-likeness (QED) is 0.415. The van der Waals surface area contributed by atoms with Crippen LogP contribution < -0.4 is 10.6 Å². The fraction of sp³-hybridized carbons (Fsp3) is 0.444. The molecule has 34 heavy (non-hydrogen) atoms. The molecule has 7 nitrogen and oxygen atoms in total. The normalized spacial score (nSPS) is 15.8. The number of benzene rings is 2. The Bertz CT molecular complexity index is 1010. The Labute approximate surface area is 201 Å². The van der Waals surface area contributed by atoms with E-state index >= 15 is 0 Å². The maximum absolute atomic E-state index is 12.2. The van der Waals surface area contributed by atoms with E-state index in [0.717, 1.165) is 32.4 Å². The first-order valence-electron chi connectivity index (χ1n) is 12.0. The Balaban J connectivity index is 1.35. The van der Waals surface area contributed by atoms with Gasteiger partial charge in [0, 0.05) is 25.1 Å². The van der Waals surface area contributed by atoms with Gasteiger partial charge in [-0.05, 0) is 61.5 Å². The fourth-order valence-corrected chi connectivity index (χ4v) is 4.50. The third-order valence-electron chi connectivity index (χ3n) is 6.57. The lowest BCUT2D eigenvalue weighted by Gasteiger charge is -2.36. The third-order valence-corrected chi connectivity index (χ3v) is 6.57. The van der Waals surface area contributed by atoms with Crippen molar-refractivity contribution in [2.75, 3.05) is 33.3 Å². The number of amides is 2. The molecule has 2 N–H and O–H groups in total. The molecule has 2 aromatic carbocycles. The highest BCUT2D eigenvalue weighted by atomic mass is 16.5. The zero-order chi connectivity index (χ0) is 24.3. The minimum Gasteiger partial charge on any atom is -0.466 e. The van der Waals surface area contributed by atoms with E-state index in [-0.39, 0.29) is 24.9 Å². The van der Waals surface area contributed by atoms with Crippen LogP contribution >= 0.6 is 0 Å². The number of rotatable bonds is 10. The van der Waals surface area contributed by atoms with Crippen molar-refractivity contribution in [3.8, 4) is 0 Å². The second kappa shape index (κ2) is 12.9. The number of methoxy groups -OCH3 is 1. The van der Waals surface area contributed by atoms with Crippen LogP contribution in [0.25, 0.3) is 10.8 Å². The van der Waals surface area contributed by atoms with Crippen molar-refractivity contribution in [1.82, 2.24) is 15.5 Å². The van der Waals surface area contributed by atoms with Gasteiger partial charge in [0.25, 0.3) is 0 Å². The molecule has 0 bridgehead atoms. The number of ether oxygens (including phenoxy) is 1. The Kier molecular flexibility index (Phi) is 9.64. The van der Waals surface area contributed by atoms with Crippen molar-refractivity contribution >= 4 is 28.6 Å². The van der Waals surface area contributed by atoms with E-state index in [9.17, 15) is 14.4 Å². The monoisotopic (exact) mass is 465 g/mol. The largest absolute Gasteiger partial charge is 0.466 e. The summed E-state index contributed by atoms with van der Waals surface area (Å²) in [6.07, 6.45) is 6.17. The van der Waals surface area contributed by atoms with Crippen molar-refractivity contribution in [3.63, 3.8) is 0 Å². The standard InChI is InChI=1S/C27H35N3O4/c1-20(23-10-5-8-22-7-3-4-9-24(22)23)30-17-14-21(15-18-30)12-13-25(31)29-19-26(32)28-16-6-11-27(33)34-2/h3-11,20-21H,12-19H2,1-2H3,(H,28,32)(H,29,31)/b11-6+. The second-order valence-electron chi connectivity index (χ2n) is 8.77. The Morgan fingerprint density at radius 3 is 2.56 bits per heavy atom. The van der Waals surface area contributed by atoms with Crippen molar-refractivity contribution in [2.45, 2.75) is 38.6 Å². The van der Waals surface area contributed by atoms with Gasteiger partial charge in [0.1, 0.15) is 0 Å². The van der Waals surface area contributed by atoms with Crippen LogP contribution in [0.15, 0.2) is 54.6 Å². The number of nitrogens with zero attached hydrogens (tertiary/aromatic N) is 1. The maximum atomic E-state index is 12.2. The van der Waals surface area contributed by atoms with E-state index in [1.54, 1.807) is 0 Å². The molecule has 0 aromatic heterocycles. The van der Waals surface area contributed by atoms with E-state index in [0.29, 0.717) is 18.4 Å². The van der Waals surface area contributed by atoms with Gasteiger partial charge in [0.15, 0.2) is 0 Å². The lowest BCUT2D eigenvalue weighted by Crippen LogP contribution is -2.38. The Morgan fingerprint density at radius 2 is 1.79 bits per heavy atom. The molecule has 7 heteroatoms. The molecule has 1 saturated heterocycles. The maximum Gasteiger partial charge on any atom is 0.330 e. The van der Waals surface area contributed by atoms with Gasteiger partial charge in [0.05, 0.1) is 13.7 Å². The second-order valence-corrected chi connectivity index (χ2v) is 8.77. The summed E-state index contributed by atoms with van der Waals surface area (Å²) in [4.78, 5) is 37.4. The molecule has 0 saturated carbocycles. The summed E-state index contributed by atoms with van der Waals surface area (Å²) in [5, 5.41) is 7.88. The van der Waals surface area contributed by atoms with Gasteiger partial charge in [-0.25, -0.2) is 4.79 Å². The van der Waals surface area contributed by atoms with Gasteiger partial charge in [-0.1, -0.05) is 48.5 Å². The topological polar surface area (TPSA) is 87.7 Å². The highest BCUT2D eigenvalue weighted by Crippen LogP contribution is 2.32. The van der Waals surface area contributed by atoms with Gasteiger partial charge in [0.2, 0.25) is 11.8 Å². The summed E-state index contributed by atoms with van der Waals surface area (Å²) in [7, 11) is 1.29. The number of carbonyl (C=O) groups is 3.